The second kappa shape index (κ2) is 5.65. The molecule has 98 valence electrons. The highest BCUT2D eigenvalue weighted by Gasteiger charge is 2.07. The van der Waals surface area contributed by atoms with Crippen molar-refractivity contribution in [3.05, 3.63) is 70.5 Å². The molecule has 0 fully saturated rings. The number of carbonyl (C=O) groups excluding carboxylic acids is 1. The van der Waals surface area contributed by atoms with E-state index in [0.717, 1.165) is 5.56 Å². The highest BCUT2D eigenvalue weighted by molar-refractivity contribution is 5.94. The Labute approximate surface area is 112 Å². The Balaban J connectivity index is 2.05. The van der Waals surface area contributed by atoms with Gasteiger partial charge in [0.25, 0.3) is 5.91 Å². The number of benzene rings is 2. The fourth-order valence-electron chi connectivity index (χ4n) is 2.01. The first-order valence-electron chi connectivity index (χ1n) is 6.17. The second-order valence-electron chi connectivity index (χ2n) is 4.59. The molecule has 0 saturated heterocycles. The minimum absolute atomic E-state index is 0.125. The average molecular weight is 257 g/mol. The normalized spacial score (nSPS) is 10.3. The Morgan fingerprint density at radius 3 is 2.26 bits per heavy atom. The molecule has 0 aliphatic heterocycles. The number of amides is 1. The summed E-state index contributed by atoms with van der Waals surface area (Å²) in [7, 11) is 0. The molecule has 2 aromatic rings. The van der Waals surface area contributed by atoms with Gasteiger partial charge in [0.15, 0.2) is 0 Å². The SMILES string of the molecule is Cc1cc(CNC(=O)c2ccccc2)cc(C)c1F. The number of hydrogen-bond acceptors (Lipinski definition) is 1. The Hall–Kier alpha value is -2.16. The van der Waals surface area contributed by atoms with E-state index in [9.17, 15) is 9.18 Å². The smallest absolute Gasteiger partial charge is 0.251 e. The minimum Gasteiger partial charge on any atom is -0.348 e. The first-order valence-corrected chi connectivity index (χ1v) is 6.17. The van der Waals surface area contributed by atoms with Crippen LogP contribution in [-0.2, 0) is 6.54 Å². The first-order chi connectivity index (χ1) is 9.08. The number of nitrogens with one attached hydrogen (secondary N) is 1. The zero-order valence-corrected chi connectivity index (χ0v) is 11.0. The Morgan fingerprint density at radius 1 is 1.11 bits per heavy atom. The lowest BCUT2D eigenvalue weighted by molar-refractivity contribution is 0.0951. The van der Waals surface area contributed by atoms with E-state index < -0.39 is 0 Å². The maximum Gasteiger partial charge on any atom is 0.251 e. The van der Waals surface area contributed by atoms with Crippen LogP contribution in [0.1, 0.15) is 27.0 Å². The zero-order chi connectivity index (χ0) is 13.8. The molecule has 0 unspecified atom stereocenters. The maximum atomic E-state index is 13.5. The van der Waals surface area contributed by atoms with E-state index in [0.29, 0.717) is 23.2 Å². The van der Waals surface area contributed by atoms with E-state index in [-0.39, 0.29) is 11.7 Å². The van der Waals surface area contributed by atoms with Gasteiger partial charge >= 0.3 is 0 Å². The molecular formula is C16H16FNO. The average Bonchev–Trinajstić information content (AvgIpc) is 2.43. The third-order valence-electron chi connectivity index (χ3n) is 2.99. The molecule has 0 aliphatic carbocycles. The number of carbonyl (C=O) groups is 1. The Kier molecular flexibility index (Phi) is 3.95. The molecule has 0 heterocycles. The van der Waals surface area contributed by atoms with Gasteiger partial charge in [0.05, 0.1) is 0 Å². The number of aryl methyl sites for hydroxylation is 2. The van der Waals surface area contributed by atoms with E-state index in [4.69, 9.17) is 0 Å². The summed E-state index contributed by atoms with van der Waals surface area (Å²) in [5.41, 5.74) is 2.73. The quantitative estimate of drug-likeness (QED) is 0.897. The van der Waals surface area contributed by atoms with Crippen LogP contribution >= 0.6 is 0 Å². The molecule has 0 aromatic heterocycles. The van der Waals surface area contributed by atoms with Crippen LogP contribution in [0.15, 0.2) is 42.5 Å². The van der Waals surface area contributed by atoms with E-state index in [1.54, 1.807) is 38.1 Å². The van der Waals surface area contributed by atoms with Crippen molar-refractivity contribution in [2.45, 2.75) is 20.4 Å². The molecule has 2 rings (SSSR count). The summed E-state index contributed by atoms with van der Waals surface area (Å²) in [5, 5.41) is 2.83. The third kappa shape index (κ3) is 3.19. The van der Waals surface area contributed by atoms with E-state index in [1.807, 2.05) is 18.2 Å². The highest BCUT2D eigenvalue weighted by atomic mass is 19.1. The maximum absolute atomic E-state index is 13.5. The van der Waals surface area contributed by atoms with Crippen LogP contribution in [0.3, 0.4) is 0 Å². The molecule has 0 radical (unpaired) electrons. The number of rotatable bonds is 3. The molecule has 0 spiro atoms. The topological polar surface area (TPSA) is 29.1 Å². The van der Waals surface area contributed by atoms with Gasteiger partial charge in [-0.2, -0.15) is 0 Å². The summed E-state index contributed by atoms with van der Waals surface area (Å²) in [4.78, 5) is 11.9. The van der Waals surface area contributed by atoms with Crippen molar-refractivity contribution >= 4 is 5.91 Å². The van der Waals surface area contributed by atoms with Gasteiger partial charge in [-0.15, -0.1) is 0 Å². The monoisotopic (exact) mass is 257 g/mol. The van der Waals surface area contributed by atoms with Crippen LogP contribution in [0.4, 0.5) is 4.39 Å². The minimum atomic E-state index is -0.182. The summed E-state index contributed by atoms with van der Waals surface area (Å²) < 4.78 is 13.5. The van der Waals surface area contributed by atoms with Crippen molar-refractivity contribution < 1.29 is 9.18 Å². The molecule has 1 N–H and O–H groups in total. The van der Waals surface area contributed by atoms with E-state index >= 15 is 0 Å². The van der Waals surface area contributed by atoms with Crippen molar-refractivity contribution in [3.8, 4) is 0 Å². The predicted molar refractivity (Wildman–Crippen MR) is 73.5 cm³/mol. The van der Waals surface area contributed by atoms with Crippen molar-refractivity contribution in [2.75, 3.05) is 0 Å². The van der Waals surface area contributed by atoms with Gasteiger partial charge in [0, 0.05) is 12.1 Å². The van der Waals surface area contributed by atoms with Crippen molar-refractivity contribution in [3.63, 3.8) is 0 Å². The standard InChI is InChI=1S/C16H16FNO/c1-11-8-13(9-12(2)15(11)17)10-18-16(19)14-6-4-3-5-7-14/h3-9H,10H2,1-2H3,(H,18,19). The van der Waals surface area contributed by atoms with Crippen molar-refractivity contribution in [2.24, 2.45) is 0 Å². The van der Waals surface area contributed by atoms with E-state index in [2.05, 4.69) is 5.32 Å². The van der Waals surface area contributed by atoms with Gasteiger partial charge < -0.3 is 5.32 Å². The van der Waals surface area contributed by atoms with Gasteiger partial charge in [0.2, 0.25) is 0 Å². The fourth-order valence-corrected chi connectivity index (χ4v) is 2.01. The van der Waals surface area contributed by atoms with Gasteiger partial charge in [-0.05, 0) is 42.7 Å². The molecular weight excluding hydrogens is 241 g/mol. The molecule has 0 bridgehead atoms. The van der Waals surface area contributed by atoms with Gasteiger partial charge in [-0.25, -0.2) is 4.39 Å². The second-order valence-corrected chi connectivity index (χ2v) is 4.59. The van der Waals surface area contributed by atoms with Crippen LogP contribution in [0.5, 0.6) is 0 Å². The molecule has 1 amide bonds. The predicted octanol–water partition coefficient (Wildman–Crippen LogP) is 3.37. The lowest BCUT2D eigenvalue weighted by Crippen LogP contribution is -2.22. The highest BCUT2D eigenvalue weighted by Crippen LogP contribution is 2.14. The molecule has 3 heteroatoms. The molecule has 0 atom stereocenters. The van der Waals surface area contributed by atoms with Gasteiger partial charge in [0.1, 0.15) is 5.82 Å². The lowest BCUT2D eigenvalue weighted by atomic mass is 10.1. The van der Waals surface area contributed by atoms with Crippen LogP contribution in [-0.4, -0.2) is 5.91 Å². The Morgan fingerprint density at radius 2 is 1.68 bits per heavy atom. The summed E-state index contributed by atoms with van der Waals surface area (Å²) in [6.07, 6.45) is 0. The summed E-state index contributed by atoms with van der Waals surface area (Å²) >= 11 is 0. The Bertz CT molecular complexity index is 570. The largest absolute Gasteiger partial charge is 0.348 e. The van der Waals surface area contributed by atoms with Crippen LogP contribution in [0.2, 0.25) is 0 Å². The third-order valence-corrected chi connectivity index (χ3v) is 2.99. The summed E-state index contributed by atoms with van der Waals surface area (Å²) in [6, 6.07) is 12.5. The zero-order valence-electron chi connectivity index (χ0n) is 11.0. The first kappa shape index (κ1) is 13.3. The van der Waals surface area contributed by atoms with Crippen LogP contribution in [0.25, 0.3) is 0 Å². The number of hydrogen-bond donors (Lipinski definition) is 1. The van der Waals surface area contributed by atoms with Gasteiger partial charge in [-0.1, -0.05) is 30.3 Å². The van der Waals surface area contributed by atoms with Crippen LogP contribution < -0.4 is 5.32 Å². The van der Waals surface area contributed by atoms with Crippen molar-refractivity contribution in [1.29, 1.82) is 0 Å². The van der Waals surface area contributed by atoms with Crippen LogP contribution in [0, 0.1) is 19.7 Å². The number of halogens is 1. The summed E-state index contributed by atoms with van der Waals surface area (Å²) in [5.74, 6) is -0.307. The van der Waals surface area contributed by atoms with Gasteiger partial charge in [-0.3, -0.25) is 4.79 Å². The van der Waals surface area contributed by atoms with Crippen molar-refractivity contribution in [1.82, 2.24) is 5.32 Å². The molecule has 2 aromatic carbocycles. The molecule has 0 aliphatic rings. The fraction of sp³-hybridized carbons (Fsp3) is 0.188. The molecule has 19 heavy (non-hydrogen) atoms. The summed E-state index contributed by atoms with van der Waals surface area (Å²) in [6.45, 7) is 3.85. The lowest BCUT2D eigenvalue weighted by Gasteiger charge is -2.08. The molecule has 2 nitrogen and oxygen atoms in total. The van der Waals surface area contributed by atoms with E-state index in [1.165, 1.54) is 0 Å². The molecule has 0 saturated carbocycles.